The van der Waals surface area contributed by atoms with E-state index < -0.39 is 0 Å². The molecule has 0 saturated carbocycles. The Labute approximate surface area is 111 Å². The number of benzene rings is 2. The zero-order valence-corrected chi connectivity index (χ0v) is 11.6. The summed E-state index contributed by atoms with van der Waals surface area (Å²) in [5.74, 6) is 2.71. The summed E-state index contributed by atoms with van der Waals surface area (Å²) in [7, 11) is 0. The third-order valence-electron chi connectivity index (χ3n) is 3.26. The number of hydrogen-bond donors (Lipinski definition) is 0. The monoisotopic (exact) mass is 236 g/mol. The van der Waals surface area contributed by atoms with Gasteiger partial charge in [0.25, 0.3) is 0 Å². The van der Waals surface area contributed by atoms with Crippen LogP contribution in [0.1, 0.15) is 38.8 Å². The van der Waals surface area contributed by atoms with E-state index in [4.69, 9.17) is 0 Å². The number of rotatable bonds is 3. The molecule has 0 fully saturated rings. The normalized spacial score (nSPS) is 11.2. The minimum Gasteiger partial charge on any atom is -0.0578 e. The Hall–Kier alpha value is -1.56. The van der Waals surface area contributed by atoms with Crippen molar-refractivity contribution >= 4 is 0 Å². The fraction of sp³-hybridized carbons (Fsp3) is 0.222. The van der Waals surface area contributed by atoms with E-state index >= 15 is 0 Å². The molecule has 2 aromatic carbocycles. The second kappa shape index (κ2) is 5.39. The molecule has 0 unspecified atom stereocenters. The van der Waals surface area contributed by atoms with E-state index in [1.54, 1.807) is 0 Å². The van der Waals surface area contributed by atoms with E-state index in [0.29, 0.717) is 0 Å². The fourth-order valence-corrected chi connectivity index (χ4v) is 1.99. The minimum atomic E-state index is 1.28. The van der Waals surface area contributed by atoms with E-state index in [0.717, 1.165) is 0 Å². The van der Waals surface area contributed by atoms with Gasteiger partial charge in [-0.25, -0.2) is 0 Å². The topological polar surface area (TPSA) is 0 Å². The summed E-state index contributed by atoms with van der Waals surface area (Å²) >= 11 is 0. The highest BCUT2D eigenvalue weighted by molar-refractivity contribution is 5.64. The molecule has 0 atom stereocenters. The Balaban J connectivity index is 2.25. The predicted molar refractivity (Wildman–Crippen MR) is 79.3 cm³/mol. The van der Waals surface area contributed by atoms with Crippen LogP contribution in [0.2, 0.25) is 0 Å². The summed E-state index contributed by atoms with van der Waals surface area (Å²) in [4.78, 5) is 0. The van der Waals surface area contributed by atoms with E-state index in [2.05, 4.69) is 76.2 Å². The second-order valence-electron chi connectivity index (χ2n) is 5.15. The summed E-state index contributed by atoms with van der Waals surface area (Å²) in [5.41, 5.74) is 5.18. The van der Waals surface area contributed by atoms with E-state index in [1.165, 1.54) is 34.1 Å². The van der Waals surface area contributed by atoms with Gasteiger partial charge in [-0.1, -0.05) is 76.2 Å². The van der Waals surface area contributed by atoms with Crippen molar-refractivity contribution < 1.29 is 0 Å². The smallest absolute Gasteiger partial charge is 0.00120 e. The maximum absolute atomic E-state index is 2.19. The van der Waals surface area contributed by atoms with Crippen LogP contribution in [0, 0.1) is 11.8 Å². The van der Waals surface area contributed by atoms with E-state index in [9.17, 15) is 0 Å². The Kier molecular flexibility index (Phi) is 3.86. The predicted octanol–water partition coefficient (Wildman–Crippen LogP) is 5.28. The molecule has 0 heterocycles. The molecule has 2 radical (unpaired) electrons. The van der Waals surface area contributed by atoms with Crippen molar-refractivity contribution in [1.82, 2.24) is 0 Å². The van der Waals surface area contributed by atoms with Gasteiger partial charge in [-0.3, -0.25) is 0 Å². The molecule has 0 aliphatic heterocycles. The lowest BCUT2D eigenvalue weighted by Gasteiger charge is -2.08. The van der Waals surface area contributed by atoms with Gasteiger partial charge < -0.3 is 0 Å². The molecule has 0 nitrogen and oxygen atoms in total. The summed E-state index contributed by atoms with van der Waals surface area (Å²) in [6.45, 7) is 8.57. The maximum Gasteiger partial charge on any atom is -0.00120 e. The second-order valence-corrected chi connectivity index (χ2v) is 5.15. The van der Waals surface area contributed by atoms with Gasteiger partial charge in [0.1, 0.15) is 0 Å². The summed E-state index contributed by atoms with van der Waals surface area (Å²) in [5, 5.41) is 0. The van der Waals surface area contributed by atoms with Gasteiger partial charge in [-0.2, -0.15) is 0 Å². The number of hydrogen-bond acceptors (Lipinski definition) is 0. The molecule has 0 spiro atoms. The standard InChI is InChI=1S/C18H20/c1-13(2)15-5-9-17(10-6-15)18-11-7-16(8-12-18)14(3)4/h5-12H,1-4H3. The zero-order valence-electron chi connectivity index (χ0n) is 11.6. The molecule has 2 aromatic rings. The van der Waals surface area contributed by atoms with E-state index in [-0.39, 0.29) is 0 Å². The van der Waals surface area contributed by atoms with Crippen molar-refractivity contribution in [1.29, 1.82) is 0 Å². The third kappa shape index (κ3) is 2.81. The Bertz CT molecular complexity index is 437. The lowest BCUT2D eigenvalue weighted by atomic mass is 9.96. The van der Waals surface area contributed by atoms with Crippen LogP contribution in [0.4, 0.5) is 0 Å². The Morgan fingerprint density at radius 3 is 1.00 bits per heavy atom. The SMILES string of the molecule is C[C](C)c1ccc(-c2ccc([C](C)C)cc2)cc1. The third-order valence-corrected chi connectivity index (χ3v) is 3.26. The minimum absolute atomic E-state index is 1.28. The molecule has 0 N–H and O–H groups in total. The molecule has 0 aliphatic carbocycles. The first-order valence-corrected chi connectivity index (χ1v) is 6.39. The van der Waals surface area contributed by atoms with Gasteiger partial charge in [0, 0.05) is 0 Å². The van der Waals surface area contributed by atoms with Gasteiger partial charge in [0.05, 0.1) is 0 Å². The van der Waals surface area contributed by atoms with Crippen LogP contribution in [0.25, 0.3) is 11.1 Å². The van der Waals surface area contributed by atoms with Crippen LogP contribution in [-0.2, 0) is 0 Å². The first-order valence-electron chi connectivity index (χ1n) is 6.39. The summed E-state index contributed by atoms with van der Waals surface area (Å²) in [6.07, 6.45) is 0. The molecular formula is C18H20. The molecule has 18 heavy (non-hydrogen) atoms. The highest BCUT2D eigenvalue weighted by atomic mass is 14.1. The van der Waals surface area contributed by atoms with Crippen LogP contribution in [0.3, 0.4) is 0 Å². The van der Waals surface area contributed by atoms with Crippen LogP contribution in [-0.4, -0.2) is 0 Å². The van der Waals surface area contributed by atoms with Crippen LogP contribution in [0.15, 0.2) is 48.5 Å². The van der Waals surface area contributed by atoms with Crippen molar-refractivity contribution in [2.24, 2.45) is 0 Å². The fourth-order valence-electron chi connectivity index (χ4n) is 1.99. The molecule has 2 rings (SSSR count). The Morgan fingerprint density at radius 1 is 0.500 bits per heavy atom. The lowest BCUT2D eigenvalue weighted by molar-refractivity contribution is 1.15. The molecule has 92 valence electrons. The zero-order chi connectivity index (χ0) is 13.1. The summed E-state index contributed by atoms with van der Waals surface area (Å²) < 4.78 is 0. The first-order chi connectivity index (χ1) is 8.58. The van der Waals surface area contributed by atoms with Crippen molar-refractivity contribution in [3.63, 3.8) is 0 Å². The molecule has 0 aromatic heterocycles. The highest BCUT2D eigenvalue weighted by Crippen LogP contribution is 2.24. The average Bonchev–Trinajstić information content (AvgIpc) is 2.39. The van der Waals surface area contributed by atoms with Gasteiger partial charge >= 0.3 is 0 Å². The maximum atomic E-state index is 2.19. The molecule has 0 heteroatoms. The highest BCUT2D eigenvalue weighted by Gasteiger charge is 2.03. The Morgan fingerprint density at radius 2 is 0.778 bits per heavy atom. The van der Waals surface area contributed by atoms with Crippen molar-refractivity contribution in [2.75, 3.05) is 0 Å². The molecular weight excluding hydrogens is 216 g/mol. The molecule has 0 amide bonds. The average molecular weight is 236 g/mol. The molecule has 0 bridgehead atoms. The van der Waals surface area contributed by atoms with E-state index in [1.807, 2.05) is 0 Å². The molecule has 0 aliphatic rings. The molecule has 0 saturated heterocycles. The van der Waals surface area contributed by atoms with Crippen molar-refractivity contribution in [2.45, 2.75) is 27.7 Å². The van der Waals surface area contributed by atoms with Gasteiger partial charge in [0.2, 0.25) is 0 Å². The van der Waals surface area contributed by atoms with Gasteiger partial charge in [-0.15, -0.1) is 0 Å². The first kappa shape index (κ1) is 12.9. The van der Waals surface area contributed by atoms with Gasteiger partial charge in [-0.05, 0) is 34.1 Å². The lowest BCUT2D eigenvalue weighted by Crippen LogP contribution is -1.89. The van der Waals surface area contributed by atoms with Crippen molar-refractivity contribution in [3.8, 4) is 11.1 Å². The van der Waals surface area contributed by atoms with Crippen LogP contribution >= 0.6 is 0 Å². The van der Waals surface area contributed by atoms with Crippen molar-refractivity contribution in [3.05, 3.63) is 71.5 Å². The quantitative estimate of drug-likeness (QED) is 0.680. The van der Waals surface area contributed by atoms with Gasteiger partial charge in [0.15, 0.2) is 0 Å². The van der Waals surface area contributed by atoms with Crippen LogP contribution < -0.4 is 0 Å². The largest absolute Gasteiger partial charge is 0.0578 e. The summed E-state index contributed by atoms with van der Waals surface area (Å²) in [6, 6.07) is 17.5. The van der Waals surface area contributed by atoms with Crippen LogP contribution in [0.5, 0.6) is 0 Å².